The van der Waals surface area contributed by atoms with Gasteiger partial charge in [-0.15, -0.1) is 0 Å². The summed E-state index contributed by atoms with van der Waals surface area (Å²) in [6.07, 6.45) is -0.346. The Bertz CT molecular complexity index is 261. The molecule has 1 atom stereocenters. The summed E-state index contributed by atoms with van der Waals surface area (Å²) in [6.45, 7) is 1.59. The molecule has 0 amide bonds. The molecule has 0 fully saturated rings. The van der Waals surface area contributed by atoms with Crippen LogP contribution in [0.3, 0.4) is 0 Å². The van der Waals surface area contributed by atoms with Crippen LogP contribution in [-0.4, -0.2) is 11.4 Å². The van der Waals surface area contributed by atoms with Crippen molar-refractivity contribution in [2.45, 2.75) is 31.2 Å². The minimum absolute atomic E-state index is 0. The Morgan fingerprint density at radius 2 is 1.22 bits per heavy atom. The summed E-state index contributed by atoms with van der Waals surface area (Å²) in [5.41, 5.74) is 5.27. The molecule has 0 heterocycles. The first-order valence-electron chi connectivity index (χ1n) is 3.88. The topological polar surface area (TPSA) is 152 Å². The largest absolute Gasteiger partial charge is 1.00 e. The zero-order valence-electron chi connectivity index (χ0n) is 11.5. The summed E-state index contributed by atoms with van der Waals surface area (Å²) in [6, 6.07) is -0.785. The van der Waals surface area contributed by atoms with Crippen LogP contribution in [0.15, 0.2) is 0 Å². The van der Waals surface area contributed by atoms with Gasteiger partial charge in [0.2, 0.25) is 0 Å². The van der Waals surface area contributed by atoms with Gasteiger partial charge in [-0.3, -0.25) is 0 Å². The third kappa shape index (κ3) is 15.2. The van der Waals surface area contributed by atoms with Crippen molar-refractivity contribution in [3.05, 3.63) is 0 Å². The molecule has 0 rings (SSSR count). The van der Waals surface area contributed by atoms with Gasteiger partial charge in [0.15, 0.2) is 0 Å². The van der Waals surface area contributed by atoms with Gasteiger partial charge in [-0.05, 0) is 12.8 Å². The second-order valence-electron chi connectivity index (χ2n) is 2.96. The molecule has 0 bridgehead atoms. The molecule has 0 aromatic carbocycles. The van der Waals surface area contributed by atoms with Gasteiger partial charge in [0.25, 0.3) is 0 Å². The second kappa shape index (κ2) is 14.8. The predicted molar refractivity (Wildman–Crippen MR) is 41.9 cm³/mol. The summed E-state index contributed by atoms with van der Waals surface area (Å²) in [5.74, 6) is 0. The van der Waals surface area contributed by atoms with Gasteiger partial charge in [-0.2, -0.15) is 0 Å². The Balaban J connectivity index is -0.000000141. The van der Waals surface area contributed by atoms with E-state index in [1.807, 2.05) is 0 Å². The van der Waals surface area contributed by atoms with Crippen LogP contribution < -0.4 is 144 Å². The molecule has 0 aliphatic rings. The molecule has 18 heavy (non-hydrogen) atoms. The fraction of sp³-hybridized carbons (Fsp3) is 1.00. The Hall–Kier alpha value is 4.26. The van der Waals surface area contributed by atoms with Crippen molar-refractivity contribution in [1.29, 1.82) is 0 Å². The fourth-order valence-electron chi connectivity index (χ4n) is 0.869. The van der Waals surface area contributed by atoms with Crippen LogP contribution in [0.25, 0.3) is 0 Å². The van der Waals surface area contributed by atoms with E-state index in [-0.39, 0.29) is 125 Å². The van der Waals surface area contributed by atoms with Crippen molar-refractivity contribution in [2.75, 3.05) is 0 Å². The number of nitrogens with two attached hydrogens (primary N) is 1. The van der Waals surface area contributed by atoms with E-state index >= 15 is 0 Å². The average Bonchev–Trinajstić information content (AvgIpc) is 1.95. The number of hydrogen-bond donors (Lipinski definition) is 1. The van der Waals surface area contributed by atoms with E-state index in [1.165, 1.54) is 0 Å². The normalized spacial score (nSPS) is 12.4. The van der Waals surface area contributed by atoms with Gasteiger partial charge in [-0.25, -0.2) is 0 Å². The van der Waals surface area contributed by atoms with Crippen LogP contribution in [0.5, 0.6) is 0 Å². The smallest absolute Gasteiger partial charge is 0.810 e. The van der Waals surface area contributed by atoms with E-state index in [0.29, 0.717) is 0 Å². The molecule has 0 saturated heterocycles. The monoisotopic (exact) mass is 335 g/mol. The third-order valence-electron chi connectivity index (χ3n) is 1.77. The van der Waals surface area contributed by atoms with Crippen LogP contribution in [-0.2, 0) is 9.13 Å². The van der Waals surface area contributed by atoms with Gasteiger partial charge < -0.3 is 34.4 Å². The molecule has 0 spiro atoms. The first-order chi connectivity index (χ1) is 6.09. The first kappa shape index (κ1) is 33.8. The van der Waals surface area contributed by atoms with Crippen molar-refractivity contribution in [1.82, 2.24) is 0 Å². The maximum atomic E-state index is 10.5. The molecule has 0 aromatic heterocycles. The number of hydrogen-bond acceptors (Lipinski definition) is 7. The first-order valence-corrected chi connectivity index (χ1v) is 7.10. The second-order valence-corrected chi connectivity index (χ2v) is 6.78. The molecular weight excluding hydrogens is 324 g/mol. The summed E-state index contributed by atoms with van der Waals surface area (Å²) < 4.78 is 20.9. The summed E-state index contributed by atoms with van der Waals surface area (Å²) >= 11 is 0. The Morgan fingerprint density at radius 3 is 1.39 bits per heavy atom. The maximum Gasteiger partial charge on any atom is 1.00 e. The zero-order valence-corrected chi connectivity index (χ0v) is 21.3. The molecule has 86 valence electrons. The molecule has 0 aromatic rings. The summed E-state index contributed by atoms with van der Waals surface area (Å²) in [7, 11) is -10.9. The Kier molecular flexibility index (Phi) is 27.8. The van der Waals surface area contributed by atoms with Crippen molar-refractivity contribution in [2.24, 2.45) is 5.73 Å². The van der Waals surface area contributed by atoms with Gasteiger partial charge in [0.1, 0.15) is 0 Å². The van der Waals surface area contributed by atoms with E-state index in [1.54, 1.807) is 6.92 Å². The van der Waals surface area contributed by atoms with Gasteiger partial charge in [-0.1, -0.05) is 22.1 Å². The van der Waals surface area contributed by atoms with Gasteiger partial charge >= 0.3 is 118 Å². The molecule has 13 heteroatoms. The van der Waals surface area contributed by atoms with Crippen LogP contribution in [0.1, 0.15) is 19.8 Å². The minimum atomic E-state index is -5.43. The quantitative estimate of drug-likeness (QED) is 0.387. The van der Waals surface area contributed by atoms with E-state index in [2.05, 4.69) is 0 Å². The van der Waals surface area contributed by atoms with E-state index in [0.717, 1.165) is 0 Å². The summed E-state index contributed by atoms with van der Waals surface area (Å²) in [5, 5.41) is -2.43. The van der Waals surface area contributed by atoms with Crippen LogP contribution in [0.4, 0.5) is 0 Å². The van der Waals surface area contributed by atoms with Crippen LogP contribution in [0.2, 0.25) is 0 Å². The maximum absolute atomic E-state index is 10.5. The van der Waals surface area contributed by atoms with Crippen LogP contribution in [0, 0.1) is 0 Å². The van der Waals surface area contributed by atoms with Crippen LogP contribution >= 0.6 is 15.2 Å². The molecule has 7 nitrogen and oxygen atoms in total. The van der Waals surface area contributed by atoms with E-state index in [9.17, 15) is 28.7 Å². The third-order valence-corrected chi connectivity index (χ3v) is 5.35. The molecule has 0 radical (unpaired) electrons. The van der Waals surface area contributed by atoms with Crippen molar-refractivity contribution < 1.29 is 147 Å². The average molecular weight is 335 g/mol. The van der Waals surface area contributed by atoms with E-state index < -0.39 is 33.1 Å². The zero-order chi connectivity index (χ0) is 11.6. The Morgan fingerprint density at radius 1 is 0.944 bits per heavy atom. The van der Waals surface area contributed by atoms with Gasteiger partial charge in [0, 0.05) is 11.4 Å². The molecule has 1 unspecified atom stereocenters. The van der Waals surface area contributed by atoms with E-state index in [4.69, 9.17) is 5.73 Å². The SMILES string of the molecule is CCC(N)CC(P(=O)([O-])[O-])P(=O)([O-])[O-].[Na+].[Na+].[Na+].[Na+]. The van der Waals surface area contributed by atoms with Crippen molar-refractivity contribution in [3.8, 4) is 0 Å². The molecule has 0 saturated carbocycles. The molecule has 2 N–H and O–H groups in total. The van der Waals surface area contributed by atoms with Crippen molar-refractivity contribution >= 4 is 15.2 Å². The van der Waals surface area contributed by atoms with Crippen molar-refractivity contribution in [3.63, 3.8) is 0 Å². The number of rotatable bonds is 5. The molecular formula is C5H11NNa4O6P2. The Labute approximate surface area is 195 Å². The predicted octanol–water partition coefficient (Wildman–Crippen LogP) is -14.7. The standard InChI is InChI=1S/C5H15NO6P2.4Na/c1-2-4(6)3-5(13(7,8)9)14(10,11)12;;;;/h4-5H,2-3,6H2,1H3,(H2,7,8,9)(H2,10,11,12);;;;/q;4*+1/p-4. The molecule has 0 aliphatic carbocycles. The fourth-order valence-corrected chi connectivity index (χ4v) is 3.31. The molecule has 0 aliphatic heterocycles. The van der Waals surface area contributed by atoms with Gasteiger partial charge in [0.05, 0.1) is 0 Å². The summed E-state index contributed by atoms with van der Waals surface area (Å²) in [4.78, 5) is 41.9. The minimum Gasteiger partial charge on any atom is -0.810 e.